The zero-order valence-electron chi connectivity index (χ0n) is 10.5. The second-order valence-corrected chi connectivity index (χ2v) is 6.90. The van der Waals surface area contributed by atoms with Gasteiger partial charge in [0, 0.05) is 12.5 Å². The number of anilines is 1. The molecule has 1 heterocycles. The summed E-state index contributed by atoms with van der Waals surface area (Å²) >= 11 is 0. The van der Waals surface area contributed by atoms with Gasteiger partial charge in [-0.15, -0.1) is 6.58 Å². The highest BCUT2D eigenvalue weighted by Crippen LogP contribution is 2.64. The number of fused-ring (bicyclic) bond motifs is 1. The van der Waals surface area contributed by atoms with Crippen molar-refractivity contribution >= 4 is 22.4 Å². The van der Waals surface area contributed by atoms with Gasteiger partial charge < -0.3 is 4.90 Å². The Morgan fingerprint density at radius 3 is 2.72 bits per heavy atom. The number of hydrogen-bond acceptors (Lipinski definition) is 2. The van der Waals surface area contributed by atoms with E-state index in [4.69, 9.17) is 0 Å². The van der Waals surface area contributed by atoms with E-state index in [9.17, 15) is 9.00 Å². The molecule has 94 valence electrons. The zero-order chi connectivity index (χ0) is 13.1. The molecular formula is C14H15NO2S. The first kappa shape index (κ1) is 11.7. The average Bonchev–Trinajstić information content (AvgIpc) is 3.03. The van der Waals surface area contributed by atoms with Crippen LogP contribution < -0.4 is 4.90 Å². The van der Waals surface area contributed by atoms with E-state index >= 15 is 0 Å². The van der Waals surface area contributed by atoms with E-state index in [2.05, 4.69) is 6.58 Å². The first-order chi connectivity index (χ1) is 8.48. The van der Waals surface area contributed by atoms with Crippen LogP contribution in [0.3, 0.4) is 0 Å². The zero-order valence-corrected chi connectivity index (χ0v) is 11.3. The van der Waals surface area contributed by atoms with Crippen LogP contribution in [0, 0.1) is 5.41 Å². The molecule has 1 amide bonds. The van der Waals surface area contributed by atoms with Gasteiger partial charge in [-0.05, 0) is 18.6 Å². The van der Waals surface area contributed by atoms with E-state index in [0.717, 1.165) is 10.6 Å². The van der Waals surface area contributed by atoms with Crippen LogP contribution in [0.25, 0.3) is 0 Å². The van der Waals surface area contributed by atoms with E-state index < -0.39 is 15.5 Å². The minimum Gasteiger partial charge on any atom is -0.313 e. The third kappa shape index (κ3) is 1.09. The lowest BCUT2D eigenvalue weighted by molar-refractivity contribution is -0.119. The molecular weight excluding hydrogens is 246 g/mol. The molecule has 3 rings (SSSR count). The van der Waals surface area contributed by atoms with Crippen LogP contribution in [0.15, 0.2) is 41.8 Å². The van der Waals surface area contributed by atoms with Crippen molar-refractivity contribution in [3.05, 3.63) is 36.9 Å². The van der Waals surface area contributed by atoms with Gasteiger partial charge in [0.1, 0.15) is 4.75 Å². The number of carbonyl (C=O) groups excluding carboxylic acids is 1. The van der Waals surface area contributed by atoms with Crippen LogP contribution in [-0.2, 0) is 15.6 Å². The predicted molar refractivity (Wildman–Crippen MR) is 71.9 cm³/mol. The van der Waals surface area contributed by atoms with Crippen LogP contribution in [0.2, 0.25) is 0 Å². The van der Waals surface area contributed by atoms with Crippen LogP contribution in [0.5, 0.6) is 0 Å². The summed E-state index contributed by atoms with van der Waals surface area (Å²) in [4.78, 5) is 14.9. The fourth-order valence-electron chi connectivity index (χ4n) is 2.85. The minimum absolute atomic E-state index is 0.0538. The van der Waals surface area contributed by atoms with Gasteiger partial charge in [0.2, 0.25) is 5.91 Å². The van der Waals surface area contributed by atoms with Crippen molar-refractivity contribution in [3.63, 3.8) is 0 Å². The number of rotatable bonds is 1. The highest BCUT2D eigenvalue weighted by molar-refractivity contribution is 7.88. The third-order valence-corrected chi connectivity index (χ3v) is 6.42. The highest BCUT2D eigenvalue weighted by Gasteiger charge is 2.74. The van der Waals surface area contributed by atoms with Crippen molar-refractivity contribution in [3.8, 4) is 0 Å². The molecule has 1 saturated carbocycles. The smallest absolute Gasteiger partial charge is 0.246 e. The maximum atomic E-state index is 12.7. The largest absolute Gasteiger partial charge is 0.313 e. The Bertz CT molecular complexity index is 597. The molecule has 0 unspecified atom stereocenters. The summed E-state index contributed by atoms with van der Waals surface area (Å²) in [5.74, 6) is -0.0538. The number of nitrogens with zero attached hydrogens (tertiary/aromatic N) is 1. The molecule has 1 aromatic rings. The van der Waals surface area contributed by atoms with E-state index in [1.165, 1.54) is 0 Å². The summed E-state index contributed by atoms with van der Waals surface area (Å²) in [6.07, 6.45) is 2.39. The Morgan fingerprint density at radius 1 is 1.44 bits per heavy atom. The molecule has 0 N–H and O–H groups in total. The molecule has 0 aromatic heterocycles. The highest BCUT2D eigenvalue weighted by atomic mass is 32.2. The molecule has 1 aromatic carbocycles. The molecule has 0 radical (unpaired) electrons. The minimum atomic E-state index is -1.30. The van der Waals surface area contributed by atoms with E-state index in [-0.39, 0.29) is 11.3 Å². The van der Waals surface area contributed by atoms with Gasteiger partial charge in [0.05, 0.1) is 21.4 Å². The van der Waals surface area contributed by atoms with Crippen LogP contribution in [0.1, 0.15) is 13.3 Å². The number of allylic oxidation sites excluding steroid dienone is 1. The molecule has 3 atom stereocenters. The van der Waals surface area contributed by atoms with Gasteiger partial charge >= 0.3 is 0 Å². The molecule has 4 heteroatoms. The van der Waals surface area contributed by atoms with Crippen molar-refractivity contribution in [1.82, 2.24) is 0 Å². The van der Waals surface area contributed by atoms with E-state index in [1.807, 2.05) is 31.2 Å². The lowest BCUT2D eigenvalue weighted by Gasteiger charge is -2.33. The summed E-state index contributed by atoms with van der Waals surface area (Å²) in [5.41, 5.74) is 0.404. The second-order valence-electron chi connectivity index (χ2n) is 5.23. The lowest BCUT2D eigenvalue weighted by atomic mass is 10.1. The fourth-order valence-corrected chi connectivity index (χ4v) is 5.05. The Labute approximate surface area is 109 Å². The molecule has 1 aliphatic heterocycles. The molecule has 1 fully saturated rings. The number of benzene rings is 1. The first-order valence-corrected chi connectivity index (χ1v) is 7.05. The third-order valence-electron chi connectivity index (χ3n) is 4.26. The first-order valence-electron chi connectivity index (χ1n) is 5.90. The molecule has 1 spiro atoms. The summed E-state index contributed by atoms with van der Waals surface area (Å²) in [6.45, 7) is 5.74. The van der Waals surface area contributed by atoms with E-state index in [0.29, 0.717) is 6.42 Å². The number of amides is 1. The van der Waals surface area contributed by atoms with Gasteiger partial charge in [-0.25, -0.2) is 0 Å². The van der Waals surface area contributed by atoms with Crippen molar-refractivity contribution in [2.24, 2.45) is 5.41 Å². The Hall–Kier alpha value is -1.42. The quantitative estimate of drug-likeness (QED) is 0.726. The molecule has 0 saturated heterocycles. The van der Waals surface area contributed by atoms with Crippen molar-refractivity contribution in [1.29, 1.82) is 0 Å². The topological polar surface area (TPSA) is 37.4 Å². The molecule has 18 heavy (non-hydrogen) atoms. The summed E-state index contributed by atoms with van der Waals surface area (Å²) in [5, 5.41) is 0. The molecule has 3 nitrogen and oxygen atoms in total. The van der Waals surface area contributed by atoms with Crippen LogP contribution >= 0.6 is 0 Å². The number of hydrogen-bond donors (Lipinski definition) is 0. The Morgan fingerprint density at radius 2 is 2.11 bits per heavy atom. The SMILES string of the molecule is C=C[C@]1(C)C[C@@]12C(=O)N(C)c1ccccc1[S@@]2=O. The standard InChI is InChI=1S/C14H15NO2S/c1-4-13(2)9-14(13)12(16)15(3)10-7-5-6-8-11(10)18(14)17/h4-8H,1,9H2,2-3H3/t13-,14-,18+/m1/s1. The monoisotopic (exact) mass is 261 g/mol. The van der Waals surface area contributed by atoms with Crippen molar-refractivity contribution in [2.45, 2.75) is 23.0 Å². The van der Waals surface area contributed by atoms with Gasteiger partial charge in [0.15, 0.2) is 0 Å². The van der Waals surface area contributed by atoms with Gasteiger partial charge in [-0.1, -0.05) is 25.1 Å². The van der Waals surface area contributed by atoms with Gasteiger partial charge in [-0.3, -0.25) is 9.00 Å². The Balaban J connectivity index is 2.22. The maximum absolute atomic E-state index is 12.7. The average molecular weight is 261 g/mol. The predicted octanol–water partition coefficient (Wildman–Crippen LogP) is 2.11. The Kier molecular flexibility index (Phi) is 2.15. The molecule has 1 aliphatic carbocycles. The normalized spacial score (nSPS) is 37.6. The molecule has 0 bridgehead atoms. The van der Waals surface area contributed by atoms with E-state index in [1.54, 1.807) is 18.0 Å². The van der Waals surface area contributed by atoms with Crippen LogP contribution in [0.4, 0.5) is 5.69 Å². The summed E-state index contributed by atoms with van der Waals surface area (Å²) in [7, 11) is 0.454. The molecule has 2 aliphatic rings. The van der Waals surface area contributed by atoms with Gasteiger partial charge in [-0.2, -0.15) is 0 Å². The van der Waals surface area contributed by atoms with Crippen LogP contribution in [-0.4, -0.2) is 21.9 Å². The maximum Gasteiger partial charge on any atom is 0.246 e. The number of para-hydroxylation sites is 1. The summed E-state index contributed by atoms with van der Waals surface area (Å²) in [6, 6.07) is 7.41. The number of carbonyl (C=O) groups is 1. The van der Waals surface area contributed by atoms with Gasteiger partial charge in [0.25, 0.3) is 0 Å². The second kappa shape index (κ2) is 3.32. The van der Waals surface area contributed by atoms with Crippen molar-refractivity contribution in [2.75, 3.05) is 11.9 Å². The fraction of sp³-hybridized carbons (Fsp3) is 0.357. The van der Waals surface area contributed by atoms with Crippen molar-refractivity contribution < 1.29 is 9.00 Å². The lowest BCUT2D eigenvalue weighted by Crippen LogP contribution is -2.48. The summed E-state index contributed by atoms with van der Waals surface area (Å²) < 4.78 is 12.0.